The number of carboxylic acid groups (broad SMARTS) is 1. The number of fused-ring (bicyclic) bond motifs is 3. The Hall–Kier alpha value is -3.39. The topological polar surface area (TPSA) is 105 Å². The van der Waals surface area contributed by atoms with E-state index in [-0.39, 0.29) is 24.6 Å². The smallest absolute Gasteiger partial charge is 0.414 e. The highest BCUT2D eigenvalue weighted by Gasteiger charge is 2.34. The van der Waals surface area contributed by atoms with Crippen LogP contribution in [-0.2, 0) is 22.4 Å². The van der Waals surface area contributed by atoms with Crippen molar-refractivity contribution in [1.29, 1.82) is 0 Å². The number of aliphatic hydroxyl groups is 1. The number of rotatable bonds is 5. The number of nitrogens with zero attached hydrogens (tertiary/aromatic N) is 3. The van der Waals surface area contributed by atoms with E-state index in [1.165, 1.54) is 7.11 Å². The monoisotopic (exact) mass is 491 g/mol. The molecule has 1 aliphatic carbocycles. The lowest BCUT2D eigenvalue weighted by Gasteiger charge is -2.34. The number of benzene rings is 2. The van der Waals surface area contributed by atoms with Gasteiger partial charge in [0.25, 0.3) is 0 Å². The Morgan fingerprint density at radius 3 is 2.61 bits per heavy atom. The third-order valence-electron chi connectivity index (χ3n) is 7.77. The Morgan fingerprint density at radius 1 is 1.14 bits per heavy atom. The van der Waals surface area contributed by atoms with Gasteiger partial charge in [0.05, 0.1) is 35.9 Å². The van der Waals surface area contributed by atoms with Gasteiger partial charge in [-0.15, -0.1) is 0 Å². The zero-order chi connectivity index (χ0) is 25.4. The number of aliphatic carboxylic acids is 1. The molecule has 1 saturated carbocycles. The van der Waals surface area contributed by atoms with Crippen LogP contribution < -0.4 is 4.90 Å². The van der Waals surface area contributed by atoms with Crippen LogP contribution in [-0.4, -0.2) is 51.1 Å². The second-order valence-corrected chi connectivity index (χ2v) is 10.0. The molecule has 190 valence electrons. The van der Waals surface area contributed by atoms with Crippen LogP contribution >= 0.6 is 0 Å². The molecule has 1 aromatic heterocycles. The maximum atomic E-state index is 12.6. The summed E-state index contributed by atoms with van der Waals surface area (Å²) in [6, 6.07) is 13.2. The fourth-order valence-electron chi connectivity index (χ4n) is 5.96. The van der Waals surface area contributed by atoms with Gasteiger partial charge in [-0.1, -0.05) is 30.3 Å². The zero-order valence-electron chi connectivity index (χ0n) is 20.8. The van der Waals surface area contributed by atoms with Gasteiger partial charge in [-0.05, 0) is 63.1 Å². The molecule has 2 aliphatic rings. The minimum atomic E-state index is -0.892. The van der Waals surface area contributed by atoms with E-state index in [0.717, 1.165) is 60.0 Å². The van der Waals surface area contributed by atoms with E-state index < -0.39 is 18.0 Å². The van der Waals surface area contributed by atoms with Crippen molar-refractivity contribution in [2.24, 2.45) is 0 Å². The van der Waals surface area contributed by atoms with E-state index in [0.29, 0.717) is 12.2 Å². The summed E-state index contributed by atoms with van der Waals surface area (Å²) in [6.45, 7) is 2.01. The Labute approximate surface area is 210 Å². The number of hydrogen-bond donors (Lipinski definition) is 2. The van der Waals surface area contributed by atoms with Gasteiger partial charge >= 0.3 is 12.1 Å². The van der Waals surface area contributed by atoms with Crippen LogP contribution in [0.15, 0.2) is 42.5 Å². The molecule has 4 atom stereocenters. The quantitative estimate of drug-likeness (QED) is 0.530. The number of carbonyl (C=O) groups is 2. The fourth-order valence-corrected chi connectivity index (χ4v) is 5.96. The number of carbonyl (C=O) groups excluding carboxylic acids is 1. The molecule has 0 bridgehead atoms. The number of anilines is 1. The first-order valence-corrected chi connectivity index (χ1v) is 12.7. The molecule has 2 aromatic carbocycles. The van der Waals surface area contributed by atoms with Crippen LogP contribution in [0.3, 0.4) is 0 Å². The lowest BCUT2D eigenvalue weighted by atomic mass is 9.91. The van der Waals surface area contributed by atoms with Gasteiger partial charge in [0.1, 0.15) is 5.82 Å². The molecule has 0 radical (unpaired) electrons. The number of hydrogen-bond acceptors (Lipinski definition) is 5. The van der Waals surface area contributed by atoms with E-state index in [4.69, 9.17) is 9.72 Å². The van der Waals surface area contributed by atoms with Gasteiger partial charge in [-0.2, -0.15) is 0 Å². The fraction of sp³-hybridized carbons (Fsp3) is 0.464. The molecule has 8 heteroatoms. The molecule has 1 amide bonds. The second-order valence-electron chi connectivity index (χ2n) is 10.0. The summed E-state index contributed by atoms with van der Waals surface area (Å²) in [5, 5.41) is 20.6. The molecular weight excluding hydrogens is 458 g/mol. The maximum absolute atomic E-state index is 12.6. The molecule has 0 saturated heterocycles. The van der Waals surface area contributed by atoms with Gasteiger partial charge in [0.2, 0.25) is 0 Å². The summed E-state index contributed by atoms with van der Waals surface area (Å²) in [5.74, 6) is -0.925. The summed E-state index contributed by atoms with van der Waals surface area (Å²) in [4.78, 5) is 31.7. The van der Waals surface area contributed by atoms with Crippen molar-refractivity contribution in [3.63, 3.8) is 0 Å². The highest BCUT2D eigenvalue weighted by atomic mass is 16.5. The van der Waals surface area contributed by atoms with Crippen LogP contribution in [0.25, 0.3) is 11.0 Å². The van der Waals surface area contributed by atoms with E-state index in [1.54, 1.807) is 4.90 Å². The molecule has 2 heterocycles. The third-order valence-corrected chi connectivity index (χ3v) is 7.77. The molecule has 5 rings (SSSR count). The van der Waals surface area contributed by atoms with E-state index >= 15 is 0 Å². The normalized spacial score (nSPS) is 22.8. The summed E-state index contributed by atoms with van der Waals surface area (Å²) in [7, 11) is 1.39. The third kappa shape index (κ3) is 4.34. The van der Waals surface area contributed by atoms with E-state index in [2.05, 4.69) is 4.57 Å². The number of amides is 1. The Bertz CT molecular complexity index is 1270. The van der Waals surface area contributed by atoms with Crippen LogP contribution in [0.1, 0.15) is 67.9 Å². The highest BCUT2D eigenvalue weighted by molar-refractivity contribution is 5.95. The lowest BCUT2D eigenvalue weighted by Crippen LogP contribution is -2.42. The van der Waals surface area contributed by atoms with Crippen LogP contribution in [0.5, 0.6) is 0 Å². The van der Waals surface area contributed by atoms with Crippen molar-refractivity contribution in [3.05, 3.63) is 59.4 Å². The molecule has 1 aliphatic heterocycles. The van der Waals surface area contributed by atoms with Crippen molar-refractivity contribution in [3.8, 4) is 0 Å². The summed E-state index contributed by atoms with van der Waals surface area (Å²) in [5.41, 5.74) is 4.25. The number of aryl methyl sites for hydroxylation is 1. The number of carboxylic acids is 1. The number of aliphatic hydroxyl groups excluding tert-OH is 1. The Morgan fingerprint density at radius 2 is 1.92 bits per heavy atom. The SMILES string of the molecule is COC(=O)N1c2ccc3c(nc(CC(C(=O)O)c4ccccc4)n3[C@H]3CCC[C@@H](O)C3)c2CC[C@@H]1C. The Kier molecular flexibility index (Phi) is 6.71. The first kappa shape index (κ1) is 24.3. The number of ether oxygens (including phenoxy) is 1. The van der Waals surface area contributed by atoms with Crippen molar-refractivity contribution < 1.29 is 24.5 Å². The molecule has 8 nitrogen and oxygen atoms in total. The number of imidazole rings is 1. The van der Waals surface area contributed by atoms with Crippen molar-refractivity contribution in [2.75, 3.05) is 12.0 Å². The average molecular weight is 492 g/mol. The van der Waals surface area contributed by atoms with Crippen LogP contribution in [0.2, 0.25) is 0 Å². The first-order chi connectivity index (χ1) is 17.4. The lowest BCUT2D eigenvalue weighted by molar-refractivity contribution is -0.138. The largest absolute Gasteiger partial charge is 0.481 e. The van der Waals surface area contributed by atoms with Crippen molar-refractivity contribution >= 4 is 28.8 Å². The molecule has 3 aromatic rings. The first-order valence-electron chi connectivity index (χ1n) is 12.7. The van der Waals surface area contributed by atoms with Crippen LogP contribution in [0.4, 0.5) is 10.5 Å². The summed E-state index contributed by atoms with van der Waals surface area (Å²) < 4.78 is 7.23. The van der Waals surface area contributed by atoms with Gasteiger partial charge in [0, 0.05) is 24.1 Å². The minimum Gasteiger partial charge on any atom is -0.481 e. The van der Waals surface area contributed by atoms with Gasteiger partial charge in [0.15, 0.2) is 0 Å². The van der Waals surface area contributed by atoms with Gasteiger partial charge in [-0.25, -0.2) is 9.78 Å². The average Bonchev–Trinajstić information content (AvgIpc) is 3.25. The maximum Gasteiger partial charge on any atom is 0.414 e. The van der Waals surface area contributed by atoms with E-state index in [1.807, 2.05) is 49.4 Å². The summed E-state index contributed by atoms with van der Waals surface area (Å²) >= 11 is 0. The van der Waals surface area contributed by atoms with Gasteiger partial charge < -0.3 is 19.5 Å². The van der Waals surface area contributed by atoms with Gasteiger partial charge in [-0.3, -0.25) is 9.69 Å². The zero-order valence-corrected chi connectivity index (χ0v) is 20.8. The van der Waals surface area contributed by atoms with E-state index in [9.17, 15) is 19.8 Å². The number of methoxy groups -OCH3 is 1. The predicted octanol–water partition coefficient (Wildman–Crippen LogP) is 4.83. The molecular formula is C28H33N3O5. The minimum absolute atomic E-state index is 0.00641. The van der Waals surface area contributed by atoms with Crippen molar-refractivity contribution in [2.45, 2.75) is 76.0 Å². The molecule has 0 spiro atoms. The number of aromatic nitrogens is 2. The predicted molar refractivity (Wildman–Crippen MR) is 136 cm³/mol. The molecule has 1 unspecified atom stereocenters. The molecule has 2 N–H and O–H groups in total. The molecule has 1 fully saturated rings. The summed E-state index contributed by atoms with van der Waals surface area (Å²) in [6.07, 6.45) is 4.22. The highest BCUT2D eigenvalue weighted by Crippen LogP contribution is 2.40. The Balaban J connectivity index is 1.66. The standard InChI is InChI=1S/C28H33N3O5/c1-17-11-12-21-23(30(17)28(35)36-2)13-14-24-26(21)29-25(31(24)19-9-6-10-20(32)15-19)16-22(27(33)34)18-7-4-3-5-8-18/h3-5,7-8,13-14,17,19-20,22,32H,6,9-12,15-16H2,1-2H3,(H,33,34)/t17-,19-,20+,22?/m0/s1. The molecule has 36 heavy (non-hydrogen) atoms. The second kappa shape index (κ2) is 9.93. The van der Waals surface area contributed by atoms with Crippen LogP contribution in [0, 0.1) is 0 Å². The van der Waals surface area contributed by atoms with Crippen molar-refractivity contribution in [1.82, 2.24) is 9.55 Å².